The highest BCUT2D eigenvalue weighted by atomic mass is 15.2. The Labute approximate surface area is 107 Å². The molecule has 2 aromatic rings. The Morgan fingerprint density at radius 2 is 1.67 bits per heavy atom. The largest absolute Gasteiger partial charge is 0.356 e. The van der Waals surface area contributed by atoms with E-state index in [1.54, 1.807) is 12.5 Å². The van der Waals surface area contributed by atoms with Gasteiger partial charge in [-0.25, -0.2) is 9.97 Å². The Morgan fingerprint density at radius 1 is 0.944 bits per heavy atom. The van der Waals surface area contributed by atoms with Gasteiger partial charge in [-0.1, -0.05) is 0 Å². The van der Waals surface area contributed by atoms with Gasteiger partial charge in [0.25, 0.3) is 0 Å². The summed E-state index contributed by atoms with van der Waals surface area (Å²) < 4.78 is 0. The van der Waals surface area contributed by atoms with Crippen LogP contribution >= 0.6 is 0 Å². The molecule has 3 rings (SSSR count). The topological polar surface area (TPSA) is 41.9 Å². The minimum absolute atomic E-state index is 0.658. The number of anilines is 1. The number of piperidine rings is 1. The van der Waals surface area contributed by atoms with Crippen LogP contribution in [0.2, 0.25) is 0 Å². The lowest BCUT2D eigenvalue weighted by atomic mass is 9.90. The van der Waals surface area contributed by atoms with Gasteiger partial charge in [0, 0.05) is 31.7 Å². The summed E-state index contributed by atoms with van der Waals surface area (Å²) in [7, 11) is 0. The van der Waals surface area contributed by atoms with Gasteiger partial charge in [-0.3, -0.25) is 4.98 Å². The molecular formula is C14H16N4. The first-order valence-electron chi connectivity index (χ1n) is 6.34. The smallest absolute Gasteiger partial charge is 0.131 e. The molecule has 0 amide bonds. The zero-order valence-corrected chi connectivity index (χ0v) is 10.2. The van der Waals surface area contributed by atoms with E-state index < -0.39 is 0 Å². The van der Waals surface area contributed by atoms with Crippen molar-refractivity contribution in [3.8, 4) is 0 Å². The Balaban J connectivity index is 1.65. The fourth-order valence-corrected chi connectivity index (χ4v) is 2.55. The van der Waals surface area contributed by atoms with E-state index in [1.165, 1.54) is 18.4 Å². The lowest BCUT2D eigenvalue weighted by molar-refractivity contribution is 0.502. The second-order valence-corrected chi connectivity index (χ2v) is 4.61. The summed E-state index contributed by atoms with van der Waals surface area (Å²) in [6.07, 6.45) is 9.53. The van der Waals surface area contributed by atoms with Crippen LogP contribution in [0, 0.1) is 0 Å². The third-order valence-electron chi connectivity index (χ3n) is 3.56. The maximum atomic E-state index is 4.31. The first-order chi connectivity index (χ1) is 8.93. The van der Waals surface area contributed by atoms with E-state index in [4.69, 9.17) is 0 Å². The predicted molar refractivity (Wildman–Crippen MR) is 70.5 cm³/mol. The Hall–Kier alpha value is -1.97. The molecule has 0 aromatic carbocycles. The van der Waals surface area contributed by atoms with Crippen molar-refractivity contribution >= 4 is 5.82 Å². The average molecular weight is 240 g/mol. The highest BCUT2D eigenvalue weighted by Gasteiger charge is 2.21. The number of hydrogen-bond donors (Lipinski definition) is 0. The van der Waals surface area contributed by atoms with E-state index in [0.717, 1.165) is 18.9 Å². The molecule has 1 fully saturated rings. The summed E-state index contributed by atoms with van der Waals surface area (Å²) in [5.41, 5.74) is 1.41. The van der Waals surface area contributed by atoms with Gasteiger partial charge in [-0.05, 0) is 42.5 Å². The molecule has 4 heteroatoms. The van der Waals surface area contributed by atoms with Gasteiger partial charge in [0.2, 0.25) is 0 Å². The molecule has 0 aliphatic carbocycles. The number of pyridine rings is 1. The van der Waals surface area contributed by atoms with Crippen LogP contribution in [0.25, 0.3) is 0 Å². The molecule has 3 heterocycles. The zero-order chi connectivity index (χ0) is 12.2. The van der Waals surface area contributed by atoms with Crippen LogP contribution < -0.4 is 4.90 Å². The summed E-state index contributed by atoms with van der Waals surface area (Å²) in [5.74, 6) is 1.70. The Morgan fingerprint density at radius 3 is 2.33 bits per heavy atom. The molecule has 0 bridgehead atoms. The molecule has 0 atom stereocenters. The molecular weight excluding hydrogens is 224 g/mol. The van der Waals surface area contributed by atoms with Crippen LogP contribution in [0.5, 0.6) is 0 Å². The van der Waals surface area contributed by atoms with Crippen molar-refractivity contribution in [1.82, 2.24) is 15.0 Å². The maximum absolute atomic E-state index is 4.31. The minimum atomic E-state index is 0.658. The first kappa shape index (κ1) is 11.1. The van der Waals surface area contributed by atoms with E-state index in [9.17, 15) is 0 Å². The molecule has 1 aliphatic rings. The lowest BCUT2D eigenvalue weighted by Crippen LogP contribution is -2.33. The Bertz CT molecular complexity index is 430. The second kappa shape index (κ2) is 5.12. The molecule has 2 aromatic heterocycles. The van der Waals surface area contributed by atoms with Gasteiger partial charge in [0.15, 0.2) is 0 Å². The van der Waals surface area contributed by atoms with Crippen molar-refractivity contribution in [2.45, 2.75) is 18.8 Å². The van der Waals surface area contributed by atoms with E-state index >= 15 is 0 Å². The van der Waals surface area contributed by atoms with Gasteiger partial charge in [-0.2, -0.15) is 0 Å². The maximum Gasteiger partial charge on any atom is 0.131 e. The minimum Gasteiger partial charge on any atom is -0.356 e. The quantitative estimate of drug-likeness (QED) is 0.807. The fourth-order valence-electron chi connectivity index (χ4n) is 2.55. The number of hydrogen-bond acceptors (Lipinski definition) is 4. The highest BCUT2D eigenvalue weighted by Crippen LogP contribution is 2.28. The van der Waals surface area contributed by atoms with Crippen LogP contribution in [0.15, 0.2) is 43.1 Å². The van der Waals surface area contributed by atoms with Crippen LogP contribution in [-0.2, 0) is 0 Å². The fraction of sp³-hybridized carbons (Fsp3) is 0.357. The van der Waals surface area contributed by atoms with Crippen LogP contribution in [-0.4, -0.2) is 28.0 Å². The first-order valence-corrected chi connectivity index (χ1v) is 6.34. The lowest BCUT2D eigenvalue weighted by Gasteiger charge is -2.32. The number of nitrogens with zero attached hydrogens (tertiary/aromatic N) is 4. The molecule has 0 saturated carbocycles. The van der Waals surface area contributed by atoms with Crippen molar-refractivity contribution in [1.29, 1.82) is 0 Å². The van der Waals surface area contributed by atoms with Gasteiger partial charge >= 0.3 is 0 Å². The highest BCUT2D eigenvalue weighted by molar-refractivity contribution is 5.37. The molecule has 1 saturated heterocycles. The van der Waals surface area contributed by atoms with Crippen LogP contribution in [0.3, 0.4) is 0 Å². The molecule has 92 valence electrons. The van der Waals surface area contributed by atoms with Gasteiger partial charge in [-0.15, -0.1) is 0 Å². The van der Waals surface area contributed by atoms with Crippen molar-refractivity contribution in [3.05, 3.63) is 48.7 Å². The Kier molecular flexibility index (Phi) is 3.17. The molecule has 0 N–H and O–H groups in total. The summed E-state index contributed by atoms with van der Waals surface area (Å²) in [4.78, 5) is 14.7. The van der Waals surface area contributed by atoms with Gasteiger partial charge < -0.3 is 4.90 Å². The average Bonchev–Trinajstić information content (AvgIpc) is 2.49. The zero-order valence-electron chi connectivity index (χ0n) is 10.2. The normalized spacial score (nSPS) is 16.8. The van der Waals surface area contributed by atoms with E-state index in [0.29, 0.717) is 5.92 Å². The van der Waals surface area contributed by atoms with Gasteiger partial charge in [0.05, 0.1) is 0 Å². The van der Waals surface area contributed by atoms with Crippen LogP contribution in [0.4, 0.5) is 5.82 Å². The summed E-state index contributed by atoms with van der Waals surface area (Å²) in [6.45, 7) is 2.12. The molecule has 4 nitrogen and oxygen atoms in total. The predicted octanol–water partition coefficient (Wildman–Crippen LogP) is 2.26. The second-order valence-electron chi connectivity index (χ2n) is 4.61. The van der Waals surface area contributed by atoms with Gasteiger partial charge in [0.1, 0.15) is 12.1 Å². The molecule has 0 spiro atoms. The summed E-state index contributed by atoms with van der Waals surface area (Å²) in [6, 6.07) is 6.24. The molecule has 1 aliphatic heterocycles. The number of rotatable bonds is 2. The summed E-state index contributed by atoms with van der Waals surface area (Å²) in [5, 5.41) is 0. The SMILES string of the molecule is c1cc(C2CCN(c3ccncn3)CC2)ccn1. The number of aromatic nitrogens is 3. The molecule has 18 heavy (non-hydrogen) atoms. The van der Waals surface area contributed by atoms with Crippen molar-refractivity contribution < 1.29 is 0 Å². The van der Waals surface area contributed by atoms with E-state index in [1.807, 2.05) is 18.5 Å². The third-order valence-corrected chi connectivity index (χ3v) is 3.56. The van der Waals surface area contributed by atoms with Crippen molar-refractivity contribution in [3.63, 3.8) is 0 Å². The van der Waals surface area contributed by atoms with Crippen molar-refractivity contribution in [2.24, 2.45) is 0 Å². The van der Waals surface area contributed by atoms with E-state index in [-0.39, 0.29) is 0 Å². The third kappa shape index (κ3) is 2.32. The standard InChI is InChI=1S/C14H16N4/c1-6-15-7-2-12(1)13-4-9-18(10-5-13)14-3-8-16-11-17-14/h1-3,6-8,11,13H,4-5,9-10H2. The van der Waals surface area contributed by atoms with Crippen molar-refractivity contribution in [2.75, 3.05) is 18.0 Å². The summed E-state index contributed by atoms with van der Waals surface area (Å²) >= 11 is 0. The van der Waals surface area contributed by atoms with E-state index in [2.05, 4.69) is 32.0 Å². The monoisotopic (exact) mass is 240 g/mol. The molecule has 0 radical (unpaired) electrons. The molecule has 0 unspecified atom stereocenters. The van der Waals surface area contributed by atoms with Crippen LogP contribution in [0.1, 0.15) is 24.3 Å².